The molecule has 0 saturated heterocycles. The molecule has 1 aliphatic rings. The van der Waals surface area contributed by atoms with Crippen molar-refractivity contribution in [1.82, 2.24) is 15.9 Å². The van der Waals surface area contributed by atoms with Gasteiger partial charge in [-0.05, 0) is 43.1 Å². The zero-order valence-corrected chi connectivity index (χ0v) is 21.5. The number of benzene rings is 1. The lowest BCUT2D eigenvalue weighted by Crippen LogP contribution is -2.60. The molecule has 1 aromatic rings. The van der Waals surface area contributed by atoms with E-state index < -0.39 is 29.2 Å². The van der Waals surface area contributed by atoms with E-state index in [0.29, 0.717) is 25.8 Å². The molecular weight excluding hydrogens is 444 g/mol. The molecule has 1 aliphatic carbocycles. The zero-order chi connectivity index (χ0) is 26.0. The molecule has 0 unspecified atom stereocenters. The normalized spacial score (nSPS) is 16.9. The second-order valence-electron chi connectivity index (χ2n) is 10.5. The molecule has 194 valence electrons. The van der Waals surface area contributed by atoms with Gasteiger partial charge in [-0.2, -0.15) is 0 Å². The molecule has 2 atom stereocenters. The topological polar surface area (TPSA) is 125 Å². The maximum Gasteiger partial charge on any atom is 0.261 e. The Bertz CT molecular complexity index is 863. The quantitative estimate of drug-likeness (QED) is 0.281. The molecule has 8 nitrogen and oxygen atoms in total. The second-order valence-corrected chi connectivity index (χ2v) is 10.5. The summed E-state index contributed by atoms with van der Waals surface area (Å²) in [5.41, 5.74) is 10.9. The summed E-state index contributed by atoms with van der Waals surface area (Å²) in [6.45, 7) is 8.19. The number of nitrogens with two attached hydrogens (primary N) is 1. The fourth-order valence-electron chi connectivity index (χ4n) is 4.66. The summed E-state index contributed by atoms with van der Waals surface area (Å²) < 4.78 is 0. The first kappa shape index (κ1) is 28.5. The minimum absolute atomic E-state index is 0.109. The summed E-state index contributed by atoms with van der Waals surface area (Å²) in [6, 6.07) is 9.64. The molecule has 5 N–H and O–H groups in total. The molecule has 3 amide bonds. The number of carbonyl (C=O) groups excluding carboxylic acids is 3. The Morgan fingerprint density at radius 2 is 1.66 bits per heavy atom. The van der Waals surface area contributed by atoms with E-state index in [1.54, 1.807) is 5.48 Å². The molecule has 35 heavy (non-hydrogen) atoms. The molecule has 0 radical (unpaired) electrons. The van der Waals surface area contributed by atoms with Gasteiger partial charge in [0, 0.05) is 6.54 Å². The number of nitrogens with one attached hydrogen (secondary N) is 2. The highest BCUT2D eigenvalue weighted by molar-refractivity contribution is 5.91. The van der Waals surface area contributed by atoms with Crippen molar-refractivity contribution in [2.75, 3.05) is 6.54 Å². The number of amides is 3. The summed E-state index contributed by atoms with van der Waals surface area (Å²) in [4.78, 5) is 39.5. The van der Waals surface area contributed by atoms with Crippen molar-refractivity contribution in [1.29, 1.82) is 0 Å². The van der Waals surface area contributed by atoms with E-state index in [-0.39, 0.29) is 24.2 Å². The summed E-state index contributed by atoms with van der Waals surface area (Å²) in [5, 5.41) is 10.8. The Labute approximate surface area is 209 Å². The van der Waals surface area contributed by atoms with Crippen LogP contribution in [-0.4, -0.2) is 40.0 Å². The molecule has 0 bridgehead atoms. The number of hydrogen-bond donors (Lipinski definition) is 4. The Morgan fingerprint density at radius 3 is 2.20 bits per heavy atom. The number of nitrogens with zero attached hydrogens (tertiary/aromatic N) is 1. The molecule has 2 rings (SSSR count). The molecule has 8 heteroatoms. The lowest BCUT2D eigenvalue weighted by atomic mass is 9.82. The van der Waals surface area contributed by atoms with Crippen LogP contribution in [0.3, 0.4) is 0 Å². The summed E-state index contributed by atoms with van der Waals surface area (Å²) >= 11 is 0. The van der Waals surface area contributed by atoms with Gasteiger partial charge in [-0.25, -0.2) is 5.48 Å². The van der Waals surface area contributed by atoms with Crippen molar-refractivity contribution in [3.8, 4) is 0 Å². The first-order chi connectivity index (χ1) is 16.6. The molecule has 1 fully saturated rings. The highest BCUT2D eigenvalue weighted by Gasteiger charge is 2.42. The van der Waals surface area contributed by atoms with Crippen LogP contribution in [0.5, 0.6) is 0 Å². The Balaban J connectivity index is 2.27. The molecule has 1 aromatic carbocycles. The lowest BCUT2D eigenvalue weighted by molar-refractivity contribution is -0.150. The van der Waals surface area contributed by atoms with Crippen LogP contribution in [-0.2, 0) is 14.4 Å². The zero-order valence-electron chi connectivity index (χ0n) is 21.5. The van der Waals surface area contributed by atoms with Crippen LogP contribution in [0.15, 0.2) is 36.4 Å². The van der Waals surface area contributed by atoms with Crippen LogP contribution >= 0.6 is 0 Å². The van der Waals surface area contributed by atoms with Crippen molar-refractivity contribution in [3.05, 3.63) is 42.0 Å². The number of hydrazine groups is 1. The Hall–Kier alpha value is -2.71. The SMILES string of the molecule is CC(C)C[C@@H](C(=O)NN(CC(C)C)C(=O)C1(N)CCCC1)[C@H](C/C=C/c1ccccc1)C(=O)NO. The van der Waals surface area contributed by atoms with Crippen molar-refractivity contribution in [2.45, 2.75) is 71.8 Å². The molecular formula is C27H42N4O4. The van der Waals surface area contributed by atoms with E-state index in [2.05, 4.69) is 5.43 Å². The highest BCUT2D eigenvalue weighted by atomic mass is 16.5. The van der Waals surface area contributed by atoms with Gasteiger partial charge in [0.25, 0.3) is 5.91 Å². The minimum atomic E-state index is -0.976. The largest absolute Gasteiger partial charge is 0.317 e. The van der Waals surface area contributed by atoms with Crippen molar-refractivity contribution >= 4 is 23.8 Å². The third-order valence-corrected chi connectivity index (χ3v) is 6.45. The van der Waals surface area contributed by atoms with Crippen LogP contribution in [0.1, 0.15) is 71.8 Å². The van der Waals surface area contributed by atoms with E-state index in [1.165, 1.54) is 5.01 Å². The monoisotopic (exact) mass is 486 g/mol. The van der Waals surface area contributed by atoms with Crippen LogP contribution in [0, 0.1) is 23.7 Å². The lowest BCUT2D eigenvalue weighted by Gasteiger charge is -2.34. The molecule has 0 spiro atoms. The van der Waals surface area contributed by atoms with E-state index >= 15 is 0 Å². The minimum Gasteiger partial charge on any atom is -0.317 e. The van der Waals surface area contributed by atoms with E-state index in [9.17, 15) is 19.6 Å². The van der Waals surface area contributed by atoms with Crippen LogP contribution in [0.2, 0.25) is 0 Å². The molecule has 0 heterocycles. The van der Waals surface area contributed by atoms with Gasteiger partial charge in [0.1, 0.15) is 0 Å². The van der Waals surface area contributed by atoms with E-state index in [4.69, 9.17) is 5.73 Å². The fourth-order valence-corrected chi connectivity index (χ4v) is 4.66. The van der Waals surface area contributed by atoms with E-state index in [1.807, 2.05) is 70.2 Å². The van der Waals surface area contributed by atoms with Crippen molar-refractivity contribution < 1.29 is 19.6 Å². The van der Waals surface area contributed by atoms with Crippen molar-refractivity contribution in [3.63, 3.8) is 0 Å². The number of hydrogen-bond acceptors (Lipinski definition) is 5. The van der Waals surface area contributed by atoms with Crippen LogP contribution < -0.4 is 16.6 Å². The molecule has 0 aromatic heterocycles. The third-order valence-electron chi connectivity index (χ3n) is 6.45. The van der Waals surface area contributed by atoms with Gasteiger partial charge in [-0.1, -0.05) is 83.0 Å². The van der Waals surface area contributed by atoms with E-state index in [0.717, 1.165) is 18.4 Å². The Morgan fingerprint density at radius 1 is 1.03 bits per heavy atom. The van der Waals surface area contributed by atoms with Crippen molar-refractivity contribution in [2.24, 2.45) is 29.4 Å². The fraction of sp³-hybridized carbons (Fsp3) is 0.593. The van der Waals surface area contributed by atoms with Crippen LogP contribution in [0.4, 0.5) is 0 Å². The summed E-state index contributed by atoms with van der Waals surface area (Å²) in [5.74, 6) is -2.67. The van der Waals surface area contributed by atoms with Gasteiger partial charge in [0.05, 0.1) is 17.4 Å². The predicted octanol–water partition coefficient (Wildman–Crippen LogP) is 3.66. The molecule has 1 saturated carbocycles. The van der Waals surface area contributed by atoms with Crippen LogP contribution in [0.25, 0.3) is 6.08 Å². The predicted molar refractivity (Wildman–Crippen MR) is 137 cm³/mol. The second kappa shape index (κ2) is 13.4. The van der Waals surface area contributed by atoms with Gasteiger partial charge in [-0.15, -0.1) is 0 Å². The smallest absolute Gasteiger partial charge is 0.261 e. The third kappa shape index (κ3) is 8.47. The number of allylic oxidation sites excluding steroid dienone is 1. The van der Waals surface area contributed by atoms with Gasteiger partial charge < -0.3 is 5.73 Å². The number of rotatable bonds is 11. The van der Waals surface area contributed by atoms with Gasteiger partial charge >= 0.3 is 0 Å². The first-order valence-electron chi connectivity index (χ1n) is 12.6. The maximum absolute atomic E-state index is 13.6. The molecule has 0 aliphatic heterocycles. The van der Waals surface area contributed by atoms with Gasteiger partial charge in [-0.3, -0.25) is 30.0 Å². The maximum atomic E-state index is 13.6. The van der Waals surface area contributed by atoms with Gasteiger partial charge in [0.2, 0.25) is 11.8 Å². The summed E-state index contributed by atoms with van der Waals surface area (Å²) in [7, 11) is 0. The standard InChI is InChI=1S/C27H42N4O4/c1-19(2)17-23(22(25(33)30-35)14-10-13-21-11-6-5-7-12-21)24(32)29-31(18-20(3)4)26(34)27(28)15-8-9-16-27/h5-7,10-13,19-20,22-23,35H,8-9,14-18,28H2,1-4H3,(H,29,32)(H,30,33)/b13-10+/t22-,23+/m0/s1. The highest BCUT2D eigenvalue weighted by Crippen LogP contribution is 2.30. The average molecular weight is 487 g/mol. The Kier molecular flexibility index (Phi) is 10.9. The summed E-state index contributed by atoms with van der Waals surface area (Å²) in [6.07, 6.45) is 7.33. The van der Waals surface area contributed by atoms with Gasteiger partial charge in [0.15, 0.2) is 0 Å². The number of hydroxylamine groups is 1. The average Bonchev–Trinajstić information content (AvgIpc) is 3.27. The number of carbonyl (C=O) groups is 3. The first-order valence-corrected chi connectivity index (χ1v) is 12.6.